The molecule has 1 aromatic carbocycles. The van der Waals surface area contributed by atoms with Crippen molar-refractivity contribution >= 4 is 17.1 Å². The molecule has 1 aliphatic heterocycles. The van der Waals surface area contributed by atoms with E-state index in [0.29, 0.717) is 6.04 Å². The molecule has 4 rings (SSSR count). The topological polar surface area (TPSA) is 60.0 Å². The van der Waals surface area contributed by atoms with E-state index in [4.69, 9.17) is 4.42 Å². The third-order valence-electron chi connectivity index (χ3n) is 4.50. The van der Waals surface area contributed by atoms with Gasteiger partial charge in [0.1, 0.15) is 17.2 Å². The molecule has 0 spiro atoms. The molecule has 0 aliphatic carbocycles. The van der Waals surface area contributed by atoms with Gasteiger partial charge in [0.05, 0.1) is 12.6 Å². The molecule has 0 bridgehead atoms. The van der Waals surface area contributed by atoms with Crippen molar-refractivity contribution < 1.29 is 4.42 Å². The summed E-state index contributed by atoms with van der Waals surface area (Å²) in [6, 6.07) is 9.00. The number of benzene rings is 1. The van der Waals surface area contributed by atoms with Crippen molar-refractivity contribution in [3.63, 3.8) is 0 Å². The molecule has 2 aromatic heterocycles. The van der Waals surface area contributed by atoms with E-state index in [1.807, 2.05) is 42.8 Å². The summed E-state index contributed by atoms with van der Waals surface area (Å²) in [7, 11) is 0. The molecule has 3 heterocycles. The predicted molar refractivity (Wildman–Crippen MR) is 88.5 cm³/mol. The summed E-state index contributed by atoms with van der Waals surface area (Å²) in [5, 5.41) is 4.50. The molecule has 23 heavy (non-hydrogen) atoms. The van der Waals surface area contributed by atoms with Gasteiger partial charge in [-0.2, -0.15) is 10.1 Å². The van der Waals surface area contributed by atoms with Crippen LogP contribution in [0, 0.1) is 13.8 Å². The number of hydrogen-bond acceptors (Lipinski definition) is 5. The van der Waals surface area contributed by atoms with Gasteiger partial charge in [-0.1, -0.05) is 12.1 Å². The average Bonchev–Trinajstić information content (AvgIpc) is 3.11. The summed E-state index contributed by atoms with van der Waals surface area (Å²) in [5.41, 5.74) is 1.76. The van der Waals surface area contributed by atoms with Crippen molar-refractivity contribution in [2.75, 3.05) is 11.4 Å². The van der Waals surface area contributed by atoms with Gasteiger partial charge in [-0.05, 0) is 45.2 Å². The number of hydrogen-bond donors (Lipinski definition) is 0. The van der Waals surface area contributed by atoms with Crippen LogP contribution >= 0.6 is 0 Å². The van der Waals surface area contributed by atoms with E-state index in [2.05, 4.69) is 20.0 Å². The van der Waals surface area contributed by atoms with Crippen molar-refractivity contribution in [2.45, 2.75) is 45.7 Å². The van der Waals surface area contributed by atoms with Crippen LogP contribution in [0.25, 0.3) is 11.1 Å². The maximum Gasteiger partial charge on any atom is 0.298 e. The number of oxazole rings is 1. The lowest BCUT2D eigenvalue weighted by atomic mass is 10.0. The Balaban J connectivity index is 1.63. The molecule has 120 valence electrons. The molecule has 0 N–H and O–H groups in total. The lowest BCUT2D eigenvalue weighted by Crippen LogP contribution is -2.42. The van der Waals surface area contributed by atoms with Crippen LogP contribution in [-0.2, 0) is 6.54 Å². The average molecular weight is 311 g/mol. The van der Waals surface area contributed by atoms with Crippen LogP contribution in [0.2, 0.25) is 0 Å². The zero-order chi connectivity index (χ0) is 15.8. The van der Waals surface area contributed by atoms with Crippen molar-refractivity contribution in [1.29, 1.82) is 0 Å². The van der Waals surface area contributed by atoms with Gasteiger partial charge in [0.25, 0.3) is 6.01 Å². The standard InChI is InChI=1S/C17H21N5O/c1-12-18-13(2)22(20-12)11-14-7-5-6-10-21(14)17-19-15-8-3-4-9-16(15)23-17/h3-4,8-9,14H,5-7,10-11H2,1-2H3. The van der Waals surface area contributed by atoms with Crippen molar-refractivity contribution in [3.8, 4) is 0 Å². The van der Waals surface area contributed by atoms with E-state index in [-0.39, 0.29) is 0 Å². The second kappa shape index (κ2) is 5.68. The van der Waals surface area contributed by atoms with Gasteiger partial charge in [-0.15, -0.1) is 0 Å². The van der Waals surface area contributed by atoms with Crippen LogP contribution in [0.5, 0.6) is 0 Å². The van der Waals surface area contributed by atoms with Crippen molar-refractivity contribution in [3.05, 3.63) is 35.9 Å². The molecule has 6 nitrogen and oxygen atoms in total. The first-order chi connectivity index (χ1) is 11.2. The van der Waals surface area contributed by atoms with Gasteiger partial charge in [0.2, 0.25) is 0 Å². The van der Waals surface area contributed by atoms with E-state index >= 15 is 0 Å². The highest BCUT2D eigenvalue weighted by Crippen LogP contribution is 2.28. The molecular formula is C17H21N5O. The number of aromatic nitrogens is 4. The fourth-order valence-corrected chi connectivity index (χ4v) is 3.36. The lowest BCUT2D eigenvalue weighted by molar-refractivity contribution is 0.373. The fraction of sp³-hybridized carbons (Fsp3) is 0.471. The highest BCUT2D eigenvalue weighted by molar-refractivity contribution is 5.74. The van der Waals surface area contributed by atoms with E-state index in [9.17, 15) is 0 Å². The minimum Gasteiger partial charge on any atom is -0.423 e. The zero-order valence-electron chi connectivity index (χ0n) is 13.6. The maximum atomic E-state index is 5.98. The lowest BCUT2D eigenvalue weighted by Gasteiger charge is -2.34. The fourth-order valence-electron chi connectivity index (χ4n) is 3.36. The Morgan fingerprint density at radius 1 is 1.17 bits per heavy atom. The molecule has 0 saturated carbocycles. The molecule has 3 aromatic rings. The van der Waals surface area contributed by atoms with Gasteiger partial charge >= 0.3 is 0 Å². The molecular weight excluding hydrogens is 290 g/mol. The quantitative estimate of drug-likeness (QED) is 0.744. The van der Waals surface area contributed by atoms with Crippen LogP contribution in [0.15, 0.2) is 28.7 Å². The summed E-state index contributed by atoms with van der Waals surface area (Å²) in [6.45, 7) is 5.74. The molecule has 1 unspecified atom stereocenters. The Labute approximate surface area is 135 Å². The molecule has 0 amide bonds. The van der Waals surface area contributed by atoms with Gasteiger partial charge < -0.3 is 9.32 Å². The normalized spacial score (nSPS) is 18.7. The van der Waals surface area contributed by atoms with Crippen LogP contribution in [0.3, 0.4) is 0 Å². The van der Waals surface area contributed by atoms with E-state index < -0.39 is 0 Å². The van der Waals surface area contributed by atoms with Crippen LogP contribution in [0.1, 0.15) is 30.9 Å². The number of aryl methyl sites for hydroxylation is 2. The predicted octanol–water partition coefficient (Wildman–Crippen LogP) is 3.10. The Morgan fingerprint density at radius 2 is 2.04 bits per heavy atom. The van der Waals surface area contributed by atoms with E-state index in [0.717, 1.165) is 48.3 Å². The SMILES string of the molecule is Cc1nc(C)n(CC2CCCCN2c2nc3ccccc3o2)n1. The van der Waals surface area contributed by atoms with Gasteiger partial charge in [-0.3, -0.25) is 0 Å². The molecule has 1 fully saturated rings. The molecule has 1 aliphatic rings. The van der Waals surface area contributed by atoms with Crippen LogP contribution in [-0.4, -0.2) is 32.3 Å². The van der Waals surface area contributed by atoms with Crippen molar-refractivity contribution in [1.82, 2.24) is 19.7 Å². The van der Waals surface area contributed by atoms with Gasteiger partial charge in [0, 0.05) is 6.54 Å². The van der Waals surface area contributed by atoms with Crippen molar-refractivity contribution in [2.24, 2.45) is 0 Å². The monoisotopic (exact) mass is 311 g/mol. The largest absolute Gasteiger partial charge is 0.423 e. The highest BCUT2D eigenvalue weighted by atomic mass is 16.4. The zero-order valence-corrected chi connectivity index (χ0v) is 13.6. The molecule has 6 heteroatoms. The Hall–Kier alpha value is -2.37. The number of rotatable bonds is 3. The highest BCUT2D eigenvalue weighted by Gasteiger charge is 2.27. The summed E-state index contributed by atoms with van der Waals surface area (Å²) in [4.78, 5) is 11.4. The number of para-hydroxylation sites is 2. The number of fused-ring (bicyclic) bond motifs is 1. The maximum absolute atomic E-state index is 5.98. The minimum absolute atomic E-state index is 0.344. The molecule has 1 saturated heterocycles. The Morgan fingerprint density at radius 3 is 2.83 bits per heavy atom. The first kappa shape index (κ1) is 14.2. The summed E-state index contributed by atoms with van der Waals surface area (Å²) in [6.07, 6.45) is 3.52. The van der Waals surface area contributed by atoms with E-state index in [1.165, 1.54) is 12.8 Å². The Kier molecular flexibility index (Phi) is 3.52. The molecule has 1 atom stereocenters. The summed E-state index contributed by atoms with van der Waals surface area (Å²) < 4.78 is 7.98. The first-order valence-corrected chi connectivity index (χ1v) is 8.21. The minimum atomic E-state index is 0.344. The smallest absolute Gasteiger partial charge is 0.298 e. The third-order valence-corrected chi connectivity index (χ3v) is 4.50. The number of piperidine rings is 1. The third kappa shape index (κ3) is 2.69. The summed E-state index contributed by atoms with van der Waals surface area (Å²) in [5.74, 6) is 1.79. The van der Waals surface area contributed by atoms with E-state index in [1.54, 1.807) is 0 Å². The first-order valence-electron chi connectivity index (χ1n) is 8.21. The van der Waals surface area contributed by atoms with Gasteiger partial charge in [0.15, 0.2) is 5.58 Å². The number of anilines is 1. The van der Waals surface area contributed by atoms with Crippen LogP contribution < -0.4 is 4.90 Å². The second-order valence-corrected chi connectivity index (χ2v) is 6.20. The Bertz CT molecular complexity index is 788. The number of nitrogens with zero attached hydrogens (tertiary/aromatic N) is 5. The summed E-state index contributed by atoms with van der Waals surface area (Å²) >= 11 is 0. The van der Waals surface area contributed by atoms with Gasteiger partial charge in [-0.25, -0.2) is 9.67 Å². The second-order valence-electron chi connectivity index (χ2n) is 6.20. The van der Waals surface area contributed by atoms with Crippen LogP contribution in [0.4, 0.5) is 6.01 Å². The molecule has 0 radical (unpaired) electrons.